The number of urea groups is 1. The molecule has 0 fully saturated rings. The van der Waals surface area contributed by atoms with E-state index in [1.54, 1.807) is 0 Å². The van der Waals surface area contributed by atoms with Crippen LogP contribution in [0.5, 0.6) is 0 Å². The molecule has 0 bridgehead atoms. The van der Waals surface area contributed by atoms with Crippen LogP contribution in [0.15, 0.2) is 35.5 Å². The molecule has 0 aliphatic heterocycles. The Kier molecular flexibility index (Phi) is 8.16. The molecule has 1 heterocycles. The van der Waals surface area contributed by atoms with Crippen LogP contribution in [0.25, 0.3) is 0 Å². The van der Waals surface area contributed by atoms with Gasteiger partial charge in [-0.3, -0.25) is 0 Å². The van der Waals surface area contributed by atoms with Crippen LogP contribution in [-0.4, -0.2) is 31.0 Å². The fourth-order valence-corrected chi connectivity index (χ4v) is 3.73. The van der Waals surface area contributed by atoms with E-state index in [0.717, 1.165) is 24.0 Å². The van der Waals surface area contributed by atoms with E-state index in [1.165, 1.54) is 12.4 Å². The Morgan fingerprint density at radius 1 is 1.03 bits per heavy atom. The largest absolute Gasteiger partial charge is 0.354 e. The third-order valence-electron chi connectivity index (χ3n) is 4.59. The molecule has 0 spiro atoms. The Labute approximate surface area is 179 Å². The second-order valence-electron chi connectivity index (χ2n) is 7.70. The van der Waals surface area contributed by atoms with Crippen molar-refractivity contribution in [2.45, 2.75) is 64.2 Å². The molecule has 0 aliphatic carbocycles. The molecule has 9 heteroatoms. The van der Waals surface area contributed by atoms with Gasteiger partial charge in [0, 0.05) is 12.2 Å². The van der Waals surface area contributed by atoms with E-state index in [9.17, 15) is 13.2 Å². The quantitative estimate of drug-likeness (QED) is 0.504. The van der Waals surface area contributed by atoms with Crippen LogP contribution in [0.2, 0.25) is 0 Å². The first-order valence-corrected chi connectivity index (χ1v) is 11.7. The minimum atomic E-state index is -4.10. The van der Waals surface area contributed by atoms with Crippen molar-refractivity contribution in [2.24, 2.45) is 0 Å². The number of rotatable bonds is 9. The normalized spacial score (nSPS) is 11.6. The lowest BCUT2D eigenvalue weighted by Gasteiger charge is -2.20. The third kappa shape index (κ3) is 6.16. The SMILES string of the molecule is CCCCNc1ncc(S(=O)(=O)NC(=O)Nc2c(C(C)C)cccc2C(C)C)cn1. The summed E-state index contributed by atoms with van der Waals surface area (Å²) in [4.78, 5) is 20.4. The molecule has 164 valence electrons. The van der Waals surface area contributed by atoms with Gasteiger partial charge in [-0.25, -0.2) is 27.9 Å². The van der Waals surface area contributed by atoms with Crippen molar-refractivity contribution < 1.29 is 13.2 Å². The van der Waals surface area contributed by atoms with Gasteiger partial charge in [0.2, 0.25) is 5.95 Å². The molecule has 0 unspecified atom stereocenters. The Hall–Kier alpha value is -2.68. The van der Waals surface area contributed by atoms with Gasteiger partial charge < -0.3 is 10.6 Å². The summed E-state index contributed by atoms with van der Waals surface area (Å²) in [6.45, 7) is 10.9. The van der Waals surface area contributed by atoms with E-state index >= 15 is 0 Å². The number of amides is 2. The van der Waals surface area contributed by atoms with Gasteiger partial charge >= 0.3 is 6.03 Å². The highest BCUT2D eigenvalue weighted by Gasteiger charge is 2.21. The van der Waals surface area contributed by atoms with Crippen molar-refractivity contribution in [1.29, 1.82) is 0 Å². The minimum absolute atomic E-state index is 0.164. The first-order valence-electron chi connectivity index (χ1n) is 10.2. The summed E-state index contributed by atoms with van der Waals surface area (Å²) in [5, 5.41) is 5.75. The van der Waals surface area contributed by atoms with Crippen molar-refractivity contribution in [1.82, 2.24) is 14.7 Å². The van der Waals surface area contributed by atoms with E-state index in [2.05, 4.69) is 27.5 Å². The lowest BCUT2D eigenvalue weighted by Crippen LogP contribution is -2.35. The standard InChI is InChI=1S/C21H31N5O3S/c1-6-7-11-22-20-23-12-16(13-24-20)30(28,29)26-21(27)25-19-17(14(2)3)9-8-10-18(19)15(4)5/h8-10,12-15H,6-7,11H2,1-5H3,(H,22,23,24)(H2,25,26,27). The predicted molar refractivity (Wildman–Crippen MR) is 119 cm³/mol. The average Bonchev–Trinajstić information content (AvgIpc) is 2.68. The Morgan fingerprint density at radius 2 is 1.60 bits per heavy atom. The van der Waals surface area contributed by atoms with Crippen LogP contribution in [-0.2, 0) is 10.0 Å². The summed E-state index contributed by atoms with van der Waals surface area (Å²) in [5.41, 5.74) is 2.53. The molecule has 2 amide bonds. The van der Waals surface area contributed by atoms with Crippen molar-refractivity contribution in [3.63, 3.8) is 0 Å². The first kappa shape index (κ1) is 23.6. The molecule has 3 N–H and O–H groups in total. The number of aromatic nitrogens is 2. The van der Waals surface area contributed by atoms with Gasteiger partial charge in [0.05, 0.1) is 12.4 Å². The number of hydrogen-bond acceptors (Lipinski definition) is 6. The van der Waals surface area contributed by atoms with Crippen molar-refractivity contribution in [3.05, 3.63) is 41.7 Å². The van der Waals surface area contributed by atoms with Crippen molar-refractivity contribution in [2.75, 3.05) is 17.2 Å². The number of nitrogens with one attached hydrogen (secondary N) is 3. The maximum Gasteiger partial charge on any atom is 0.333 e. The summed E-state index contributed by atoms with van der Waals surface area (Å²) in [5.74, 6) is 0.674. The molecule has 30 heavy (non-hydrogen) atoms. The third-order valence-corrected chi connectivity index (χ3v) is 5.88. The molecule has 2 aromatic rings. The summed E-state index contributed by atoms with van der Waals surface area (Å²) in [7, 11) is -4.10. The van der Waals surface area contributed by atoms with Crippen LogP contribution in [0.1, 0.15) is 70.4 Å². The van der Waals surface area contributed by atoms with Gasteiger partial charge in [-0.2, -0.15) is 0 Å². The zero-order valence-electron chi connectivity index (χ0n) is 18.2. The molecule has 0 saturated heterocycles. The topological polar surface area (TPSA) is 113 Å². The highest BCUT2D eigenvalue weighted by molar-refractivity contribution is 7.90. The maximum absolute atomic E-state index is 12.6. The molecule has 8 nitrogen and oxygen atoms in total. The number of carbonyl (C=O) groups excluding carboxylic acids is 1. The van der Waals surface area contributed by atoms with Gasteiger partial charge in [-0.1, -0.05) is 59.2 Å². The Morgan fingerprint density at radius 3 is 2.10 bits per heavy atom. The zero-order valence-corrected chi connectivity index (χ0v) is 19.0. The molecule has 1 aromatic heterocycles. The molecule has 0 aliphatic rings. The lowest BCUT2D eigenvalue weighted by molar-refractivity contribution is 0.256. The number of hydrogen-bond donors (Lipinski definition) is 3. The summed E-state index contributed by atoms with van der Waals surface area (Å²) < 4.78 is 27.2. The molecular formula is C21H31N5O3S. The second kappa shape index (κ2) is 10.4. The summed E-state index contributed by atoms with van der Waals surface area (Å²) >= 11 is 0. The monoisotopic (exact) mass is 433 g/mol. The number of carbonyl (C=O) groups is 1. The van der Waals surface area contributed by atoms with Gasteiger partial charge in [0.25, 0.3) is 10.0 Å². The maximum atomic E-state index is 12.6. The Bertz CT molecular complexity index is 931. The second-order valence-corrected chi connectivity index (χ2v) is 9.39. The van der Waals surface area contributed by atoms with Crippen LogP contribution in [0, 0.1) is 0 Å². The fraction of sp³-hybridized carbons (Fsp3) is 0.476. The number of unbranched alkanes of at least 4 members (excludes halogenated alkanes) is 1. The predicted octanol–water partition coefficient (Wildman–Crippen LogP) is 4.45. The number of nitrogens with zero attached hydrogens (tertiary/aromatic N) is 2. The average molecular weight is 434 g/mol. The van der Waals surface area contributed by atoms with E-state index in [4.69, 9.17) is 0 Å². The van der Waals surface area contributed by atoms with Gasteiger partial charge in [0.1, 0.15) is 4.90 Å². The number of para-hydroxylation sites is 1. The molecule has 0 radical (unpaired) electrons. The van der Waals surface area contributed by atoms with Gasteiger partial charge in [-0.15, -0.1) is 0 Å². The first-order chi connectivity index (χ1) is 14.2. The van der Waals surface area contributed by atoms with Gasteiger partial charge in [0.15, 0.2) is 0 Å². The highest BCUT2D eigenvalue weighted by atomic mass is 32.2. The molecule has 0 saturated carbocycles. The lowest BCUT2D eigenvalue weighted by atomic mass is 9.93. The van der Waals surface area contributed by atoms with Crippen LogP contribution < -0.4 is 15.4 Å². The van der Waals surface area contributed by atoms with E-state index < -0.39 is 16.1 Å². The molecule has 1 aromatic carbocycles. The fourth-order valence-electron chi connectivity index (χ4n) is 2.94. The highest BCUT2D eigenvalue weighted by Crippen LogP contribution is 2.32. The number of anilines is 2. The van der Waals surface area contributed by atoms with E-state index in [1.807, 2.05) is 50.6 Å². The van der Waals surface area contributed by atoms with Crippen molar-refractivity contribution >= 4 is 27.7 Å². The number of benzene rings is 1. The smallest absolute Gasteiger partial charge is 0.333 e. The summed E-state index contributed by atoms with van der Waals surface area (Å²) in [6, 6.07) is 4.98. The summed E-state index contributed by atoms with van der Waals surface area (Å²) in [6.07, 6.45) is 4.34. The van der Waals surface area contributed by atoms with Crippen LogP contribution in [0.4, 0.5) is 16.4 Å². The van der Waals surface area contributed by atoms with Crippen molar-refractivity contribution in [3.8, 4) is 0 Å². The van der Waals surface area contributed by atoms with E-state index in [-0.39, 0.29) is 16.7 Å². The molecule has 2 rings (SSSR count). The Balaban J connectivity index is 2.16. The van der Waals surface area contributed by atoms with Gasteiger partial charge in [-0.05, 0) is 29.4 Å². The molecular weight excluding hydrogens is 402 g/mol. The van der Waals surface area contributed by atoms with Crippen LogP contribution in [0.3, 0.4) is 0 Å². The van der Waals surface area contributed by atoms with E-state index in [0.29, 0.717) is 18.2 Å². The van der Waals surface area contributed by atoms with Crippen LogP contribution >= 0.6 is 0 Å². The zero-order chi connectivity index (χ0) is 22.3. The minimum Gasteiger partial charge on any atom is -0.354 e. The number of sulfonamides is 1. The molecule has 0 atom stereocenters.